The molecule has 96 valence electrons. The van der Waals surface area contributed by atoms with Gasteiger partial charge in [-0.05, 0) is 24.7 Å². The third-order valence-corrected chi connectivity index (χ3v) is 2.19. The number of halogens is 2. The quantitative estimate of drug-likeness (QED) is 0.880. The maximum Gasteiger partial charge on any atom is 0.213 e. The SMILES string of the molecule is CNCc1cc(F)c(OCc2ncon2)c(F)c1. The molecule has 0 bridgehead atoms. The van der Waals surface area contributed by atoms with E-state index >= 15 is 0 Å². The fourth-order valence-corrected chi connectivity index (χ4v) is 1.45. The number of nitrogens with zero attached hydrogens (tertiary/aromatic N) is 2. The van der Waals surface area contributed by atoms with Gasteiger partial charge in [-0.3, -0.25) is 0 Å². The van der Waals surface area contributed by atoms with E-state index in [4.69, 9.17) is 4.74 Å². The monoisotopic (exact) mass is 255 g/mol. The van der Waals surface area contributed by atoms with E-state index in [-0.39, 0.29) is 12.4 Å². The van der Waals surface area contributed by atoms with Crippen molar-refractivity contribution in [3.63, 3.8) is 0 Å². The summed E-state index contributed by atoms with van der Waals surface area (Å²) in [5.41, 5.74) is 0.499. The third kappa shape index (κ3) is 2.80. The Hall–Kier alpha value is -2.02. The molecular formula is C11H11F2N3O2. The van der Waals surface area contributed by atoms with E-state index in [1.807, 2.05) is 0 Å². The summed E-state index contributed by atoms with van der Waals surface area (Å²) in [6.45, 7) is 0.217. The zero-order chi connectivity index (χ0) is 13.0. The van der Waals surface area contributed by atoms with Gasteiger partial charge in [-0.1, -0.05) is 5.16 Å². The summed E-state index contributed by atoms with van der Waals surface area (Å²) in [6.07, 6.45) is 1.11. The molecule has 7 heteroatoms. The Bertz CT molecular complexity index is 494. The minimum absolute atomic E-state index is 0.157. The number of nitrogens with one attached hydrogen (secondary N) is 1. The molecular weight excluding hydrogens is 244 g/mol. The number of rotatable bonds is 5. The van der Waals surface area contributed by atoms with Crippen LogP contribution in [-0.2, 0) is 13.2 Å². The summed E-state index contributed by atoms with van der Waals surface area (Å²) in [5, 5.41) is 6.28. The van der Waals surface area contributed by atoms with Crippen molar-refractivity contribution in [1.29, 1.82) is 0 Å². The Morgan fingerprint density at radius 2 is 2.06 bits per heavy atom. The normalized spacial score (nSPS) is 10.6. The maximum atomic E-state index is 13.6. The van der Waals surface area contributed by atoms with Gasteiger partial charge in [-0.25, -0.2) is 8.78 Å². The second-order valence-electron chi connectivity index (χ2n) is 3.56. The van der Waals surface area contributed by atoms with Crippen molar-refractivity contribution in [3.05, 3.63) is 41.5 Å². The molecule has 1 aromatic carbocycles. The first-order valence-corrected chi connectivity index (χ1v) is 5.21. The van der Waals surface area contributed by atoms with E-state index in [0.717, 1.165) is 6.39 Å². The summed E-state index contributed by atoms with van der Waals surface area (Å²) in [4.78, 5) is 3.68. The lowest BCUT2D eigenvalue weighted by atomic mass is 10.2. The van der Waals surface area contributed by atoms with Crippen LogP contribution in [0.4, 0.5) is 8.78 Å². The van der Waals surface area contributed by atoms with E-state index in [9.17, 15) is 8.78 Å². The van der Waals surface area contributed by atoms with Crippen LogP contribution in [-0.4, -0.2) is 17.2 Å². The largest absolute Gasteiger partial charge is 0.479 e. The molecule has 1 N–H and O–H groups in total. The highest BCUT2D eigenvalue weighted by molar-refractivity contribution is 5.31. The van der Waals surface area contributed by atoms with Crippen LogP contribution >= 0.6 is 0 Å². The molecule has 1 heterocycles. The van der Waals surface area contributed by atoms with Crippen molar-refractivity contribution in [2.75, 3.05) is 7.05 Å². The van der Waals surface area contributed by atoms with Gasteiger partial charge in [0.15, 0.2) is 24.0 Å². The topological polar surface area (TPSA) is 60.2 Å². The highest BCUT2D eigenvalue weighted by atomic mass is 19.1. The number of benzene rings is 1. The lowest BCUT2D eigenvalue weighted by Gasteiger charge is -2.08. The van der Waals surface area contributed by atoms with Gasteiger partial charge in [0.25, 0.3) is 0 Å². The van der Waals surface area contributed by atoms with Crippen LogP contribution in [0.25, 0.3) is 0 Å². The van der Waals surface area contributed by atoms with E-state index in [2.05, 4.69) is 20.0 Å². The summed E-state index contributed by atoms with van der Waals surface area (Å²) in [7, 11) is 1.69. The van der Waals surface area contributed by atoms with Crippen LogP contribution in [0.5, 0.6) is 5.75 Å². The Morgan fingerprint density at radius 3 is 2.61 bits per heavy atom. The molecule has 0 saturated heterocycles. The molecule has 2 aromatic rings. The average Bonchev–Trinajstić information content (AvgIpc) is 2.81. The fourth-order valence-electron chi connectivity index (χ4n) is 1.45. The predicted octanol–water partition coefficient (Wildman–Crippen LogP) is 1.65. The van der Waals surface area contributed by atoms with Crippen molar-refractivity contribution < 1.29 is 18.0 Å². The van der Waals surface area contributed by atoms with E-state index < -0.39 is 17.4 Å². The molecule has 5 nitrogen and oxygen atoms in total. The molecule has 0 aliphatic carbocycles. The average molecular weight is 255 g/mol. The van der Waals surface area contributed by atoms with Gasteiger partial charge in [-0.15, -0.1) is 0 Å². The molecule has 0 unspecified atom stereocenters. The van der Waals surface area contributed by atoms with E-state index in [1.54, 1.807) is 7.05 Å². The number of hydrogen-bond acceptors (Lipinski definition) is 5. The van der Waals surface area contributed by atoms with Gasteiger partial charge < -0.3 is 14.6 Å². The molecule has 0 amide bonds. The zero-order valence-corrected chi connectivity index (χ0v) is 9.61. The first-order valence-electron chi connectivity index (χ1n) is 5.21. The highest BCUT2D eigenvalue weighted by Gasteiger charge is 2.13. The Balaban J connectivity index is 2.12. The standard InChI is InChI=1S/C11H11F2N3O2/c1-14-4-7-2-8(12)11(9(13)3-7)17-5-10-15-6-18-16-10/h2-3,6,14H,4-5H2,1H3. The Morgan fingerprint density at radius 1 is 1.33 bits per heavy atom. The summed E-state index contributed by atoms with van der Waals surface area (Å²) < 4.78 is 36.7. The molecule has 0 aliphatic heterocycles. The van der Waals surface area contributed by atoms with Crippen LogP contribution in [0, 0.1) is 11.6 Å². The van der Waals surface area contributed by atoms with Crippen LogP contribution in [0.15, 0.2) is 23.0 Å². The Labute approximate surface area is 102 Å². The van der Waals surface area contributed by atoms with Crippen LogP contribution in [0.3, 0.4) is 0 Å². The van der Waals surface area contributed by atoms with E-state index in [1.165, 1.54) is 12.1 Å². The first kappa shape index (κ1) is 12.4. The lowest BCUT2D eigenvalue weighted by Crippen LogP contribution is -2.07. The van der Waals surface area contributed by atoms with Gasteiger partial charge in [-0.2, -0.15) is 4.98 Å². The molecule has 1 aromatic heterocycles. The number of aromatic nitrogens is 2. The number of hydrogen-bond donors (Lipinski definition) is 1. The van der Waals surface area contributed by atoms with Crippen molar-refractivity contribution in [2.24, 2.45) is 0 Å². The van der Waals surface area contributed by atoms with Gasteiger partial charge in [0, 0.05) is 6.54 Å². The van der Waals surface area contributed by atoms with Crippen molar-refractivity contribution in [1.82, 2.24) is 15.5 Å². The van der Waals surface area contributed by atoms with Crippen molar-refractivity contribution >= 4 is 0 Å². The molecule has 0 fully saturated rings. The second kappa shape index (κ2) is 5.54. The zero-order valence-electron chi connectivity index (χ0n) is 9.61. The summed E-state index contributed by atoms with van der Waals surface area (Å²) >= 11 is 0. The van der Waals surface area contributed by atoms with Crippen molar-refractivity contribution in [2.45, 2.75) is 13.2 Å². The van der Waals surface area contributed by atoms with Crippen LogP contribution in [0.1, 0.15) is 11.4 Å². The molecule has 18 heavy (non-hydrogen) atoms. The molecule has 0 atom stereocenters. The molecule has 0 aliphatic rings. The first-order chi connectivity index (χ1) is 8.70. The maximum absolute atomic E-state index is 13.6. The van der Waals surface area contributed by atoms with E-state index in [0.29, 0.717) is 12.1 Å². The van der Waals surface area contributed by atoms with Gasteiger partial charge in [0.05, 0.1) is 0 Å². The molecule has 0 spiro atoms. The Kier molecular flexibility index (Phi) is 3.83. The highest BCUT2D eigenvalue weighted by Crippen LogP contribution is 2.24. The van der Waals surface area contributed by atoms with Crippen LogP contribution < -0.4 is 10.1 Å². The molecule has 0 saturated carbocycles. The van der Waals surface area contributed by atoms with Gasteiger partial charge in [0.2, 0.25) is 12.2 Å². The predicted molar refractivity (Wildman–Crippen MR) is 57.8 cm³/mol. The minimum Gasteiger partial charge on any atom is -0.479 e. The van der Waals surface area contributed by atoms with Crippen LogP contribution in [0.2, 0.25) is 0 Å². The summed E-state index contributed by atoms with van der Waals surface area (Å²) in [5.74, 6) is -1.75. The minimum atomic E-state index is -0.760. The molecule has 2 rings (SSSR count). The van der Waals surface area contributed by atoms with Crippen molar-refractivity contribution in [3.8, 4) is 5.75 Å². The summed E-state index contributed by atoms with van der Waals surface area (Å²) in [6, 6.07) is 2.43. The molecule has 0 radical (unpaired) electrons. The van der Waals surface area contributed by atoms with Gasteiger partial charge in [0.1, 0.15) is 0 Å². The number of ether oxygens (including phenoxy) is 1. The second-order valence-corrected chi connectivity index (χ2v) is 3.56. The lowest BCUT2D eigenvalue weighted by molar-refractivity contribution is 0.259. The fraction of sp³-hybridized carbons (Fsp3) is 0.273. The van der Waals surface area contributed by atoms with Gasteiger partial charge >= 0.3 is 0 Å². The smallest absolute Gasteiger partial charge is 0.213 e. The third-order valence-electron chi connectivity index (χ3n) is 2.19.